The van der Waals surface area contributed by atoms with Crippen LogP contribution in [-0.2, 0) is 0 Å². The Morgan fingerprint density at radius 3 is 3.00 bits per heavy atom. The molecule has 3 atom stereocenters. The number of nitrogens with one attached hydrogen (secondary N) is 1. The van der Waals surface area contributed by atoms with Crippen molar-refractivity contribution in [3.8, 4) is 0 Å². The van der Waals surface area contributed by atoms with Crippen LogP contribution in [0.5, 0.6) is 0 Å². The molecule has 0 radical (unpaired) electrons. The molecule has 2 fully saturated rings. The van der Waals surface area contributed by atoms with Crippen LogP contribution >= 0.6 is 15.9 Å². The van der Waals surface area contributed by atoms with Crippen LogP contribution in [0.25, 0.3) is 0 Å². The molecule has 114 valence electrons. The maximum Gasteiger partial charge on any atom is 0.252 e. The first-order chi connectivity index (χ1) is 10.1. The molecule has 1 aromatic rings. The molecule has 0 spiro atoms. The van der Waals surface area contributed by atoms with E-state index in [1.165, 1.54) is 0 Å². The molecule has 3 rings (SSSR count). The SMILES string of the molecule is O=C(N[C@@H]1CCC[C@@H]1N1CCC(O)C1)c1ccncc1Br. The van der Waals surface area contributed by atoms with Gasteiger partial charge < -0.3 is 10.4 Å². The van der Waals surface area contributed by atoms with Crippen LogP contribution in [0, 0.1) is 0 Å². The highest BCUT2D eigenvalue weighted by Crippen LogP contribution is 2.28. The van der Waals surface area contributed by atoms with Gasteiger partial charge in [0.2, 0.25) is 0 Å². The van der Waals surface area contributed by atoms with Crippen molar-refractivity contribution < 1.29 is 9.90 Å². The number of pyridine rings is 1. The topological polar surface area (TPSA) is 65.5 Å². The van der Waals surface area contributed by atoms with E-state index in [4.69, 9.17) is 0 Å². The number of hydrogen-bond acceptors (Lipinski definition) is 4. The predicted molar refractivity (Wildman–Crippen MR) is 83.0 cm³/mol. The summed E-state index contributed by atoms with van der Waals surface area (Å²) in [5.74, 6) is -0.0547. The Labute approximate surface area is 132 Å². The number of halogens is 1. The number of rotatable bonds is 3. The minimum atomic E-state index is -0.212. The summed E-state index contributed by atoms with van der Waals surface area (Å²) in [4.78, 5) is 18.7. The van der Waals surface area contributed by atoms with Gasteiger partial charge >= 0.3 is 0 Å². The number of hydrogen-bond donors (Lipinski definition) is 2. The first-order valence-electron chi connectivity index (χ1n) is 7.47. The first kappa shape index (κ1) is 14.9. The van der Waals surface area contributed by atoms with E-state index in [1.54, 1.807) is 18.5 Å². The van der Waals surface area contributed by atoms with Gasteiger partial charge in [-0.3, -0.25) is 14.7 Å². The lowest BCUT2D eigenvalue weighted by Crippen LogP contribution is -2.48. The highest BCUT2D eigenvalue weighted by atomic mass is 79.9. The van der Waals surface area contributed by atoms with Gasteiger partial charge in [-0.2, -0.15) is 0 Å². The predicted octanol–water partition coefficient (Wildman–Crippen LogP) is 1.56. The number of carbonyl (C=O) groups excluding carboxylic acids is 1. The number of β-amino-alcohol motifs (C(OH)–C–C–N with tert-alkyl or cyclic N) is 1. The van der Waals surface area contributed by atoms with Crippen molar-refractivity contribution in [2.45, 2.75) is 43.9 Å². The molecule has 21 heavy (non-hydrogen) atoms. The lowest BCUT2D eigenvalue weighted by atomic mass is 10.1. The fourth-order valence-corrected chi connectivity index (χ4v) is 3.85. The molecular formula is C15H20BrN3O2. The Balaban J connectivity index is 1.66. The van der Waals surface area contributed by atoms with E-state index in [0.717, 1.165) is 38.8 Å². The third-order valence-electron chi connectivity index (χ3n) is 4.48. The van der Waals surface area contributed by atoms with Gasteiger partial charge in [0.25, 0.3) is 5.91 Å². The zero-order valence-corrected chi connectivity index (χ0v) is 13.4. The summed E-state index contributed by atoms with van der Waals surface area (Å²) in [5.41, 5.74) is 0.622. The minimum Gasteiger partial charge on any atom is -0.392 e. The number of aromatic nitrogens is 1. The van der Waals surface area contributed by atoms with Gasteiger partial charge in [0.1, 0.15) is 0 Å². The van der Waals surface area contributed by atoms with Crippen LogP contribution < -0.4 is 5.32 Å². The summed E-state index contributed by atoms with van der Waals surface area (Å²) in [6, 6.07) is 2.25. The van der Waals surface area contributed by atoms with Crippen LogP contribution in [0.4, 0.5) is 0 Å². The van der Waals surface area contributed by atoms with Gasteiger partial charge in [-0.25, -0.2) is 0 Å². The van der Waals surface area contributed by atoms with Crippen LogP contribution in [0.1, 0.15) is 36.0 Å². The average Bonchev–Trinajstić information content (AvgIpc) is 3.08. The highest BCUT2D eigenvalue weighted by Gasteiger charge is 2.36. The fourth-order valence-electron chi connectivity index (χ4n) is 3.42. The second-order valence-corrected chi connectivity index (χ2v) is 6.73. The van der Waals surface area contributed by atoms with Crippen molar-refractivity contribution >= 4 is 21.8 Å². The molecule has 1 aliphatic heterocycles. The molecule has 2 aliphatic rings. The Kier molecular flexibility index (Phi) is 4.57. The lowest BCUT2D eigenvalue weighted by Gasteiger charge is -2.29. The molecule has 1 saturated carbocycles. The van der Waals surface area contributed by atoms with Crippen molar-refractivity contribution in [2.75, 3.05) is 13.1 Å². The monoisotopic (exact) mass is 353 g/mol. The summed E-state index contributed by atoms with van der Waals surface area (Å²) in [5, 5.41) is 12.9. The second-order valence-electron chi connectivity index (χ2n) is 5.87. The zero-order chi connectivity index (χ0) is 14.8. The van der Waals surface area contributed by atoms with Crippen molar-refractivity contribution in [2.24, 2.45) is 0 Å². The molecular weight excluding hydrogens is 334 g/mol. The molecule has 2 heterocycles. The number of nitrogens with zero attached hydrogens (tertiary/aromatic N) is 2. The quantitative estimate of drug-likeness (QED) is 0.865. The molecule has 1 amide bonds. The number of aliphatic hydroxyl groups is 1. The number of carbonyl (C=O) groups is 1. The van der Waals surface area contributed by atoms with Gasteiger partial charge in [0, 0.05) is 42.0 Å². The van der Waals surface area contributed by atoms with Crippen molar-refractivity contribution in [3.05, 3.63) is 28.5 Å². The van der Waals surface area contributed by atoms with Gasteiger partial charge in [-0.05, 0) is 47.7 Å². The summed E-state index contributed by atoms with van der Waals surface area (Å²) in [6.07, 6.45) is 7.12. The van der Waals surface area contributed by atoms with Gasteiger partial charge in [0.05, 0.1) is 11.7 Å². The number of amides is 1. The first-order valence-corrected chi connectivity index (χ1v) is 8.27. The largest absolute Gasteiger partial charge is 0.392 e. The van der Waals surface area contributed by atoms with Crippen molar-refractivity contribution in [1.82, 2.24) is 15.2 Å². The molecule has 6 heteroatoms. The van der Waals surface area contributed by atoms with Gasteiger partial charge in [-0.1, -0.05) is 0 Å². The van der Waals surface area contributed by atoms with E-state index in [-0.39, 0.29) is 18.1 Å². The van der Waals surface area contributed by atoms with E-state index >= 15 is 0 Å². The third kappa shape index (κ3) is 3.27. The molecule has 1 aromatic heterocycles. The van der Waals surface area contributed by atoms with E-state index in [9.17, 15) is 9.90 Å². The molecule has 1 aliphatic carbocycles. The second kappa shape index (κ2) is 6.42. The standard InChI is InChI=1S/C15H20BrN3O2/c16-12-8-17-6-4-11(12)15(21)18-13-2-1-3-14(13)19-7-5-10(20)9-19/h4,6,8,10,13-14,20H,1-3,5,7,9H2,(H,18,21)/t10?,13-,14+/m1/s1. The summed E-state index contributed by atoms with van der Waals surface area (Å²) < 4.78 is 0.716. The normalized spacial score (nSPS) is 29.7. The van der Waals surface area contributed by atoms with E-state index in [2.05, 4.69) is 31.1 Å². The molecule has 0 bridgehead atoms. The third-order valence-corrected chi connectivity index (χ3v) is 5.11. The van der Waals surface area contributed by atoms with Crippen molar-refractivity contribution in [1.29, 1.82) is 0 Å². The Bertz CT molecular complexity index is 525. The molecule has 1 saturated heterocycles. The Morgan fingerprint density at radius 1 is 1.43 bits per heavy atom. The maximum atomic E-state index is 12.4. The average molecular weight is 354 g/mol. The summed E-state index contributed by atoms with van der Waals surface area (Å²) >= 11 is 3.37. The van der Waals surface area contributed by atoms with E-state index < -0.39 is 0 Å². The fraction of sp³-hybridized carbons (Fsp3) is 0.600. The Morgan fingerprint density at radius 2 is 2.29 bits per heavy atom. The van der Waals surface area contributed by atoms with Crippen molar-refractivity contribution in [3.63, 3.8) is 0 Å². The van der Waals surface area contributed by atoms with Gasteiger partial charge in [0.15, 0.2) is 0 Å². The van der Waals surface area contributed by atoms with E-state index in [0.29, 0.717) is 16.1 Å². The molecule has 2 N–H and O–H groups in total. The summed E-state index contributed by atoms with van der Waals surface area (Å²) in [6.45, 7) is 1.66. The van der Waals surface area contributed by atoms with Crippen LogP contribution in [0.2, 0.25) is 0 Å². The van der Waals surface area contributed by atoms with Gasteiger partial charge in [-0.15, -0.1) is 0 Å². The lowest BCUT2D eigenvalue weighted by molar-refractivity contribution is 0.0905. The number of likely N-dealkylation sites (tertiary alicyclic amines) is 1. The summed E-state index contributed by atoms with van der Waals surface area (Å²) in [7, 11) is 0. The Hall–Kier alpha value is -0.980. The molecule has 1 unspecified atom stereocenters. The molecule has 0 aromatic carbocycles. The number of aliphatic hydroxyl groups excluding tert-OH is 1. The highest BCUT2D eigenvalue weighted by molar-refractivity contribution is 9.10. The smallest absolute Gasteiger partial charge is 0.252 e. The van der Waals surface area contributed by atoms with Crippen LogP contribution in [0.3, 0.4) is 0 Å². The maximum absolute atomic E-state index is 12.4. The van der Waals surface area contributed by atoms with E-state index in [1.807, 2.05) is 0 Å². The van der Waals surface area contributed by atoms with Crippen LogP contribution in [-0.4, -0.2) is 52.2 Å². The molecule has 5 nitrogen and oxygen atoms in total. The minimum absolute atomic E-state index is 0.0547. The zero-order valence-electron chi connectivity index (χ0n) is 11.8. The van der Waals surface area contributed by atoms with Crippen LogP contribution in [0.15, 0.2) is 22.9 Å².